The molecule has 1 aromatic rings. The maximum Gasteiger partial charge on any atom is 0.417 e. The van der Waals surface area contributed by atoms with Crippen molar-refractivity contribution < 1.29 is 42.9 Å². The van der Waals surface area contributed by atoms with Gasteiger partial charge in [0.2, 0.25) is 5.91 Å². The van der Waals surface area contributed by atoms with Crippen LogP contribution in [-0.2, 0) is 15.8 Å². The summed E-state index contributed by atoms with van der Waals surface area (Å²) in [7, 11) is 0. The normalized spacial score (nSPS) is 18.5. The standard InChI is InChI=1S/C19H20F3NO6/c1-18(2)6-5-11(24)9(8-18)3-4-13(26)23-15-12(25)7-10(19(20,21)22)14(16(15)27)17(28)29/h5-7,9,25,27H,3-4,8H2,1-2H3,(H,23,26)(H,28,29). The van der Waals surface area contributed by atoms with Gasteiger partial charge in [-0.1, -0.05) is 19.9 Å². The molecule has 0 heterocycles. The van der Waals surface area contributed by atoms with E-state index in [2.05, 4.69) is 0 Å². The summed E-state index contributed by atoms with van der Waals surface area (Å²) in [5.41, 5.74) is -4.30. The maximum absolute atomic E-state index is 13.0. The molecule has 29 heavy (non-hydrogen) atoms. The molecular formula is C19H20F3NO6. The van der Waals surface area contributed by atoms with Gasteiger partial charge in [-0.2, -0.15) is 13.2 Å². The first-order valence-corrected chi connectivity index (χ1v) is 8.65. The Labute approximate surface area is 163 Å². The Morgan fingerprint density at radius 3 is 2.45 bits per heavy atom. The van der Waals surface area contributed by atoms with Gasteiger partial charge in [0.25, 0.3) is 0 Å². The minimum atomic E-state index is -5.15. The van der Waals surface area contributed by atoms with E-state index in [9.17, 15) is 37.8 Å². The second kappa shape index (κ2) is 7.76. The number of aromatic carboxylic acids is 1. The molecule has 0 saturated carbocycles. The Bertz CT molecular complexity index is 889. The second-order valence-electron chi connectivity index (χ2n) is 7.56. The fraction of sp³-hybridized carbons (Fsp3) is 0.421. The first-order valence-electron chi connectivity index (χ1n) is 8.65. The molecule has 1 aliphatic carbocycles. The van der Waals surface area contributed by atoms with Crippen LogP contribution in [0.1, 0.15) is 49.0 Å². The number of ketones is 1. The summed E-state index contributed by atoms with van der Waals surface area (Å²) < 4.78 is 38.9. The molecule has 0 aromatic heterocycles. The number of nitrogens with one attached hydrogen (secondary N) is 1. The van der Waals surface area contributed by atoms with Crippen LogP contribution < -0.4 is 5.32 Å². The maximum atomic E-state index is 13.0. The van der Waals surface area contributed by atoms with Crippen molar-refractivity contribution in [1.82, 2.24) is 0 Å². The lowest BCUT2D eigenvalue weighted by Crippen LogP contribution is -2.26. The van der Waals surface area contributed by atoms with Crippen molar-refractivity contribution in [3.63, 3.8) is 0 Å². The number of phenols is 2. The zero-order valence-corrected chi connectivity index (χ0v) is 15.6. The van der Waals surface area contributed by atoms with Gasteiger partial charge >= 0.3 is 12.1 Å². The number of carboxylic acid groups (broad SMARTS) is 1. The number of anilines is 1. The van der Waals surface area contributed by atoms with Crippen LogP contribution in [0.25, 0.3) is 0 Å². The van der Waals surface area contributed by atoms with Gasteiger partial charge < -0.3 is 20.6 Å². The van der Waals surface area contributed by atoms with Crippen LogP contribution >= 0.6 is 0 Å². The van der Waals surface area contributed by atoms with Gasteiger partial charge in [-0.3, -0.25) is 9.59 Å². The number of benzene rings is 1. The third-order valence-electron chi connectivity index (χ3n) is 4.66. The average molecular weight is 415 g/mol. The van der Waals surface area contributed by atoms with Crippen LogP contribution in [0.2, 0.25) is 0 Å². The number of hydrogen-bond acceptors (Lipinski definition) is 5. The van der Waals surface area contributed by atoms with Crippen molar-refractivity contribution in [3.05, 3.63) is 29.3 Å². The van der Waals surface area contributed by atoms with E-state index in [0.29, 0.717) is 6.42 Å². The van der Waals surface area contributed by atoms with Gasteiger partial charge in [0, 0.05) is 12.3 Å². The Morgan fingerprint density at radius 1 is 1.28 bits per heavy atom. The number of allylic oxidation sites excluding steroid dienone is 2. The molecule has 158 valence electrons. The highest BCUT2D eigenvalue weighted by molar-refractivity contribution is 6.01. The number of halogens is 3. The van der Waals surface area contributed by atoms with Crippen LogP contribution in [0.15, 0.2) is 18.2 Å². The first kappa shape index (κ1) is 22.3. The smallest absolute Gasteiger partial charge is 0.417 e. The predicted molar refractivity (Wildman–Crippen MR) is 95.6 cm³/mol. The molecule has 1 amide bonds. The third-order valence-corrected chi connectivity index (χ3v) is 4.66. The molecule has 7 nitrogen and oxygen atoms in total. The lowest BCUT2D eigenvalue weighted by Gasteiger charge is -2.29. The minimum absolute atomic E-state index is 0.122. The number of rotatable bonds is 5. The molecule has 0 bridgehead atoms. The molecule has 0 aliphatic heterocycles. The molecule has 1 aliphatic rings. The van der Waals surface area contributed by atoms with Gasteiger partial charge in [-0.15, -0.1) is 0 Å². The molecule has 4 N–H and O–H groups in total. The van der Waals surface area contributed by atoms with E-state index in [1.54, 1.807) is 6.08 Å². The summed E-state index contributed by atoms with van der Waals surface area (Å²) >= 11 is 0. The average Bonchev–Trinajstić information content (AvgIpc) is 2.57. The topological polar surface area (TPSA) is 124 Å². The fourth-order valence-electron chi connectivity index (χ4n) is 3.22. The van der Waals surface area contributed by atoms with Gasteiger partial charge in [0.15, 0.2) is 11.5 Å². The van der Waals surface area contributed by atoms with E-state index in [1.807, 2.05) is 19.2 Å². The van der Waals surface area contributed by atoms with Gasteiger partial charge in [-0.05, 0) is 30.4 Å². The minimum Gasteiger partial charge on any atom is -0.506 e. The van der Waals surface area contributed by atoms with Gasteiger partial charge in [0.05, 0.1) is 5.56 Å². The highest BCUT2D eigenvalue weighted by Gasteiger charge is 2.39. The summed E-state index contributed by atoms with van der Waals surface area (Å²) in [5.74, 6) is -5.99. The lowest BCUT2D eigenvalue weighted by atomic mass is 9.75. The quantitative estimate of drug-likeness (QED) is 0.544. The van der Waals surface area contributed by atoms with E-state index in [1.165, 1.54) is 6.08 Å². The molecule has 0 spiro atoms. The number of alkyl halides is 3. The molecule has 1 unspecified atom stereocenters. The first-order chi connectivity index (χ1) is 13.2. The summed E-state index contributed by atoms with van der Waals surface area (Å²) in [6, 6.07) is 0.122. The molecule has 10 heteroatoms. The Hall–Kier alpha value is -3.04. The van der Waals surface area contributed by atoms with Crippen LogP contribution in [0.4, 0.5) is 18.9 Å². The van der Waals surface area contributed by atoms with E-state index in [4.69, 9.17) is 5.11 Å². The molecule has 2 rings (SSSR count). The van der Waals surface area contributed by atoms with Crippen LogP contribution in [0, 0.1) is 11.3 Å². The monoisotopic (exact) mass is 415 g/mol. The van der Waals surface area contributed by atoms with Crippen molar-refractivity contribution >= 4 is 23.3 Å². The third kappa shape index (κ3) is 5.07. The zero-order valence-electron chi connectivity index (χ0n) is 15.6. The Kier molecular flexibility index (Phi) is 5.96. The van der Waals surface area contributed by atoms with Crippen molar-refractivity contribution in [3.8, 4) is 11.5 Å². The lowest BCUT2D eigenvalue weighted by molar-refractivity contribution is -0.138. The number of amides is 1. The SMILES string of the molecule is CC1(C)C=CC(=O)C(CCC(=O)Nc2c(O)cc(C(F)(F)F)c(C(=O)O)c2O)C1. The molecule has 0 fully saturated rings. The summed E-state index contributed by atoms with van der Waals surface area (Å²) in [6.45, 7) is 3.85. The van der Waals surface area contributed by atoms with Crippen LogP contribution in [-0.4, -0.2) is 33.0 Å². The Morgan fingerprint density at radius 2 is 1.90 bits per heavy atom. The number of phenolic OH excluding ortho intramolecular Hbond substituents is 1. The number of carbonyl (C=O) groups is 3. The molecule has 0 saturated heterocycles. The molecule has 0 radical (unpaired) electrons. The van der Waals surface area contributed by atoms with E-state index < -0.39 is 52.3 Å². The second-order valence-corrected chi connectivity index (χ2v) is 7.56. The fourth-order valence-corrected chi connectivity index (χ4v) is 3.22. The number of carboxylic acids is 1. The largest absolute Gasteiger partial charge is 0.506 e. The predicted octanol–water partition coefficient (Wildman–Crippen LogP) is 3.70. The van der Waals surface area contributed by atoms with Crippen molar-refractivity contribution in [2.45, 2.75) is 39.3 Å². The highest BCUT2D eigenvalue weighted by atomic mass is 19.4. The van der Waals surface area contributed by atoms with E-state index in [0.717, 1.165) is 0 Å². The summed E-state index contributed by atoms with van der Waals surface area (Å²) in [6.07, 6.45) is -1.49. The van der Waals surface area contributed by atoms with Crippen LogP contribution in [0.3, 0.4) is 0 Å². The van der Waals surface area contributed by atoms with E-state index >= 15 is 0 Å². The van der Waals surface area contributed by atoms with Gasteiger partial charge in [-0.25, -0.2) is 4.79 Å². The molecule has 1 atom stereocenters. The van der Waals surface area contributed by atoms with Crippen molar-refractivity contribution in [1.29, 1.82) is 0 Å². The van der Waals surface area contributed by atoms with Crippen molar-refractivity contribution in [2.75, 3.05) is 5.32 Å². The number of hydrogen-bond donors (Lipinski definition) is 4. The van der Waals surface area contributed by atoms with Crippen LogP contribution in [0.5, 0.6) is 11.5 Å². The summed E-state index contributed by atoms with van der Waals surface area (Å²) in [4.78, 5) is 35.3. The molecule has 1 aromatic carbocycles. The number of aromatic hydroxyl groups is 2. The number of carbonyl (C=O) groups excluding carboxylic acids is 2. The van der Waals surface area contributed by atoms with E-state index in [-0.39, 0.29) is 30.1 Å². The molecular weight excluding hydrogens is 395 g/mol. The zero-order chi connectivity index (χ0) is 22.1. The Balaban J connectivity index is 2.20. The van der Waals surface area contributed by atoms with Gasteiger partial charge in [0.1, 0.15) is 17.0 Å². The summed E-state index contributed by atoms with van der Waals surface area (Å²) in [5, 5.41) is 30.8. The van der Waals surface area contributed by atoms with Crippen molar-refractivity contribution in [2.24, 2.45) is 11.3 Å². The highest BCUT2D eigenvalue weighted by Crippen LogP contribution is 2.44.